The van der Waals surface area contributed by atoms with Crippen LogP contribution in [-0.2, 0) is 14.8 Å². The molecule has 0 aromatic carbocycles. The molecule has 0 aliphatic carbocycles. The molecule has 112 valence electrons. The van der Waals surface area contributed by atoms with E-state index < -0.39 is 10.0 Å². The van der Waals surface area contributed by atoms with Crippen LogP contribution in [0.25, 0.3) is 0 Å². The summed E-state index contributed by atoms with van der Waals surface area (Å²) in [6.45, 7) is 6.74. The lowest BCUT2D eigenvalue weighted by atomic mass is 10.2. The highest BCUT2D eigenvalue weighted by atomic mass is 32.2. The SMILES string of the molecule is CCC(C)N(CC(=O)N1CCN(C)CC1)S(C)(=O)=O. The van der Waals surface area contributed by atoms with Gasteiger partial charge < -0.3 is 9.80 Å². The number of hydrogen-bond acceptors (Lipinski definition) is 4. The van der Waals surface area contributed by atoms with E-state index in [-0.39, 0.29) is 18.5 Å². The molecule has 1 aliphatic heterocycles. The van der Waals surface area contributed by atoms with Crippen molar-refractivity contribution in [3.05, 3.63) is 0 Å². The number of nitrogens with zero attached hydrogens (tertiary/aromatic N) is 3. The second kappa shape index (κ2) is 6.67. The molecular formula is C12H25N3O3S. The molecule has 7 heteroatoms. The first-order chi connectivity index (χ1) is 8.75. The number of sulfonamides is 1. The molecule has 0 radical (unpaired) electrons. The minimum absolute atomic E-state index is 0.0441. The predicted octanol–water partition coefficient (Wildman–Crippen LogP) is -0.179. The van der Waals surface area contributed by atoms with Crippen LogP contribution < -0.4 is 0 Å². The first-order valence-electron chi connectivity index (χ1n) is 6.68. The first-order valence-corrected chi connectivity index (χ1v) is 8.53. The molecule has 1 aliphatic rings. The molecular weight excluding hydrogens is 266 g/mol. The van der Waals surface area contributed by atoms with Gasteiger partial charge in [0.15, 0.2) is 0 Å². The zero-order valence-electron chi connectivity index (χ0n) is 12.3. The molecule has 1 saturated heterocycles. The third-order valence-corrected chi connectivity index (χ3v) is 5.00. The predicted molar refractivity (Wildman–Crippen MR) is 75.4 cm³/mol. The van der Waals surface area contributed by atoms with Gasteiger partial charge in [0.1, 0.15) is 0 Å². The van der Waals surface area contributed by atoms with Crippen LogP contribution in [0.15, 0.2) is 0 Å². The molecule has 19 heavy (non-hydrogen) atoms. The van der Waals surface area contributed by atoms with E-state index in [0.717, 1.165) is 19.3 Å². The van der Waals surface area contributed by atoms with Gasteiger partial charge in [0, 0.05) is 32.2 Å². The highest BCUT2D eigenvalue weighted by molar-refractivity contribution is 7.88. The second-order valence-corrected chi connectivity index (χ2v) is 7.18. The molecule has 0 saturated carbocycles. The van der Waals surface area contributed by atoms with Crippen molar-refractivity contribution in [2.75, 3.05) is 46.0 Å². The Morgan fingerprint density at radius 3 is 2.21 bits per heavy atom. The minimum Gasteiger partial charge on any atom is -0.339 e. The van der Waals surface area contributed by atoms with Gasteiger partial charge in [0.25, 0.3) is 0 Å². The van der Waals surface area contributed by atoms with E-state index >= 15 is 0 Å². The van der Waals surface area contributed by atoms with Crippen LogP contribution in [0.2, 0.25) is 0 Å². The van der Waals surface area contributed by atoms with Gasteiger partial charge in [-0.1, -0.05) is 6.92 Å². The Kier molecular flexibility index (Phi) is 5.76. The van der Waals surface area contributed by atoms with E-state index in [0.29, 0.717) is 19.5 Å². The number of hydrogen-bond donors (Lipinski definition) is 0. The lowest BCUT2D eigenvalue weighted by molar-refractivity contribution is -0.133. The van der Waals surface area contributed by atoms with Crippen molar-refractivity contribution >= 4 is 15.9 Å². The van der Waals surface area contributed by atoms with Gasteiger partial charge in [-0.2, -0.15) is 4.31 Å². The lowest BCUT2D eigenvalue weighted by Gasteiger charge is -2.34. The Balaban J connectivity index is 2.67. The molecule has 6 nitrogen and oxygen atoms in total. The Morgan fingerprint density at radius 1 is 1.26 bits per heavy atom. The van der Waals surface area contributed by atoms with Crippen LogP contribution in [-0.4, -0.2) is 80.5 Å². The number of likely N-dealkylation sites (N-methyl/N-ethyl adjacent to an activating group) is 1. The van der Waals surface area contributed by atoms with Crippen molar-refractivity contribution in [1.82, 2.24) is 14.1 Å². The summed E-state index contributed by atoms with van der Waals surface area (Å²) >= 11 is 0. The van der Waals surface area contributed by atoms with Crippen molar-refractivity contribution in [3.8, 4) is 0 Å². The van der Waals surface area contributed by atoms with Gasteiger partial charge in [-0.15, -0.1) is 0 Å². The van der Waals surface area contributed by atoms with E-state index in [2.05, 4.69) is 4.90 Å². The maximum absolute atomic E-state index is 12.2. The van der Waals surface area contributed by atoms with Gasteiger partial charge in [-0.25, -0.2) is 8.42 Å². The molecule has 0 aromatic rings. The normalized spacial score (nSPS) is 19.7. The number of rotatable bonds is 5. The topological polar surface area (TPSA) is 60.9 Å². The Morgan fingerprint density at radius 2 is 1.79 bits per heavy atom. The fourth-order valence-corrected chi connectivity index (χ4v) is 3.24. The summed E-state index contributed by atoms with van der Waals surface area (Å²) in [4.78, 5) is 16.1. The maximum atomic E-state index is 12.2. The number of carbonyl (C=O) groups is 1. The smallest absolute Gasteiger partial charge is 0.237 e. The average molecular weight is 291 g/mol. The standard InChI is InChI=1S/C12H25N3O3S/c1-5-11(2)15(19(4,17)18)10-12(16)14-8-6-13(3)7-9-14/h11H,5-10H2,1-4H3. The van der Waals surface area contributed by atoms with Crippen LogP contribution in [0.1, 0.15) is 20.3 Å². The monoisotopic (exact) mass is 291 g/mol. The Labute approximate surface area is 116 Å². The number of amides is 1. The molecule has 0 bridgehead atoms. The van der Waals surface area contributed by atoms with Gasteiger partial charge >= 0.3 is 0 Å². The highest BCUT2D eigenvalue weighted by Gasteiger charge is 2.28. The molecule has 0 aromatic heterocycles. The quantitative estimate of drug-likeness (QED) is 0.705. The van der Waals surface area contributed by atoms with Crippen LogP contribution >= 0.6 is 0 Å². The third-order valence-electron chi connectivity index (χ3n) is 3.66. The average Bonchev–Trinajstić information content (AvgIpc) is 2.34. The first kappa shape index (κ1) is 16.4. The molecule has 1 atom stereocenters. The highest BCUT2D eigenvalue weighted by Crippen LogP contribution is 2.10. The van der Waals surface area contributed by atoms with E-state index in [4.69, 9.17) is 0 Å². The Bertz CT molecular complexity index is 402. The molecule has 1 amide bonds. The van der Waals surface area contributed by atoms with Gasteiger partial charge in [-0.05, 0) is 20.4 Å². The second-order valence-electron chi connectivity index (χ2n) is 5.25. The summed E-state index contributed by atoms with van der Waals surface area (Å²) < 4.78 is 24.8. The largest absolute Gasteiger partial charge is 0.339 e. The Hall–Kier alpha value is -0.660. The van der Waals surface area contributed by atoms with Gasteiger partial charge in [0.05, 0.1) is 12.8 Å². The fraction of sp³-hybridized carbons (Fsp3) is 0.917. The van der Waals surface area contributed by atoms with Crippen LogP contribution in [0, 0.1) is 0 Å². The lowest BCUT2D eigenvalue weighted by Crippen LogP contribution is -2.51. The summed E-state index contributed by atoms with van der Waals surface area (Å²) in [7, 11) is -1.33. The zero-order valence-corrected chi connectivity index (χ0v) is 13.1. The van der Waals surface area contributed by atoms with Gasteiger partial charge in [0.2, 0.25) is 15.9 Å². The van der Waals surface area contributed by atoms with Gasteiger partial charge in [-0.3, -0.25) is 4.79 Å². The molecule has 1 rings (SSSR count). The summed E-state index contributed by atoms with van der Waals surface area (Å²) in [5, 5.41) is 0. The summed E-state index contributed by atoms with van der Waals surface area (Å²) in [6, 6.07) is -0.147. The summed E-state index contributed by atoms with van der Waals surface area (Å²) in [5.41, 5.74) is 0. The van der Waals surface area contributed by atoms with E-state index in [1.54, 1.807) is 4.90 Å². The van der Waals surface area contributed by atoms with Crippen LogP contribution in [0.4, 0.5) is 0 Å². The van der Waals surface area contributed by atoms with Crippen molar-refractivity contribution in [1.29, 1.82) is 0 Å². The van der Waals surface area contributed by atoms with Crippen molar-refractivity contribution in [3.63, 3.8) is 0 Å². The van der Waals surface area contributed by atoms with E-state index in [1.807, 2.05) is 20.9 Å². The molecule has 1 unspecified atom stereocenters. The number of piperazine rings is 1. The minimum atomic E-state index is -3.35. The third kappa shape index (κ3) is 4.74. The van der Waals surface area contributed by atoms with Crippen molar-refractivity contribution in [2.24, 2.45) is 0 Å². The summed E-state index contributed by atoms with van der Waals surface area (Å²) in [5.74, 6) is -0.0983. The van der Waals surface area contributed by atoms with Crippen molar-refractivity contribution < 1.29 is 13.2 Å². The van der Waals surface area contributed by atoms with Crippen LogP contribution in [0.3, 0.4) is 0 Å². The van der Waals surface area contributed by atoms with Crippen molar-refractivity contribution in [2.45, 2.75) is 26.3 Å². The maximum Gasteiger partial charge on any atom is 0.237 e. The summed E-state index contributed by atoms with van der Waals surface area (Å²) in [6.07, 6.45) is 1.86. The molecule has 0 N–H and O–H groups in total. The molecule has 1 heterocycles. The fourth-order valence-electron chi connectivity index (χ4n) is 2.09. The van der Waals surface area contributed by atoms with E-state index in [9.17, 15) is 13.2 Å². The number of carbonyl (C=O) groups excluding carboxylic acids is 1. The molecule has 0 spiro atoms. The molecule has 1 fully saturated rings. The zero-order chi connectivity index (χ0) is 14.6. The van der Waals surface area contributed by atoms with Crippen LogP contribution in [0.5, 0.6) is 0 Å². The van der Waals surface area contributed by atoms with E-state index in [1.165, 1.54) is 4.31 Å².